The second kappa shape index (κ2) is 15.7. The van der Waals surface area contributed by atoms with Crippen molar-refractivity contribution in [3.05, 3.63) is 71.8 Å². The van der Waals surface area contributed by atoms with E-state index in [2.05, 4.69) is 29.9 Å². The Morgan fingerprint density at radius 2 is 0.922 bits per heavy atom. The quantitative estimate of drug-likeness (QED) is 0.118. The minimum atomic E-state index is -4.78. The van der Waals surface area contributed by atoms with Gasteiger partial charge in [0.05, 0.1) is 67.2 Å². The lowest BCUT2D eigenvalue weighted by atomic mass is 10.2. The molecule has 0 N–H and O–H groups in total. The number of rotatable bonds is 6. The summed E-state index contributed by atoms with van der Waals surface area (Å²) in [5.41, 5.74) is -1.12. The van der Waals surface area contributed by atoms with E-state index in [4.69, 9.17) is 0 Å². The van der Waals surface area contributed by atoms with Crippen molar-refractivity contribution in [1.29, 1.82) is 0 Å². The van der Waals surface area contributed by atoms with Crippen LogP contribution in [0.15, 0.2) is 58.6 Å². The Kier molecular flexibility index (Phi) is 11.3. The van der Waals surface area contributed by atoms with Crippen LogP contribution in [0.3, 0.4) is 0 Å². The summed E-state index contributed by atoms with van der Waals surface area (Å²) < 4.78 is 188. The largest absolute Gasteiger partial charge is 0.449 e. The summed E-state index contributed by atoms with van der Waals surface area (Å²) in [7, 11) is 1.48. The molecule has 0 saturated carbocycles. The molecule has 8 aromatic rings. The summed E-state index contributed by atoms with van der Waals surface area (Å²) in [4.78, 5) is 23.0. The van der Waals surface area contributed by atoms with Crippen LogP contribution >= 0.6 is 11.8 Å². The van der Waals surface area contributed by atoms with Crippen LogP contribution in [0.25, 0.3) is 66.9 Å². The summed E-state index contributed by atoms with van der Waals surface area (Å²) in [6.07, 6.45) is -16.7. The molecule has 0 fully saturated rings. The smallest absolute Gasteiger partial charge is 0.326 e. The number of benzene rings is 2. The number of imidazole rings is 4. The van der Waals surface area contributed by atoms with Gasteiger partial charge in [0.15, 0.2) is 9.84 Å². The number of pyridine rings is 2. The molecule has 0 radical (unpaired) electrons. The predicted octanol–water partition coefficient (Wildman–Crippen LogP) is 10.0. The molecule has 0 amide bonds. The third-order valence-corrected chi connectivity index (χ3v) is 12.8. The van der Waals surface area contributed by atoms with Crippen molar-refractivity contribution in [2.24, 2.45) is 28.2 Å². The second-order valence-corrected chi connectivity index (χ2v) is 17.6. The van der Waals surface area contributed by atoms with Gasteiger partial charge in [0.1, 0.15) is 23.0 Å². The lowest BCUT2D eigenvalue weighted by Gasteiger charge is -2.11. The molecule has 0 spiro atoms. The van der Waals surface area contributed by atoms with Gasteiger partial charge in [0.2, 0.25) is 11.6 Å². The number of thioether (sulfide) groups is 1. The van der Waals surface area contributed by atoms with Gasteiger partial charge in [-0.1, -0.05) is 13.8 Å². The van der Waals surface area contributed by atoms with Gasteiger partial charge in [-0.05, 0) is 42.2 Å². The molecule has 0 saturated heterocycles. The minimum absolute atomic E-state index is 0.0562. The molecular weight excluding hydrogens is 921 g/mol. The van der Waals surface area contributed by atoms with Gasteiger partial charge >= 0.3 is 24.7 Å². The van der Waals surface area contributed by atoms with E-state index < -0.39 is 57.6 Å². The second-order valence-electron chi connectivity index (χ2n) is 14.1. The third kappa shape index (κ3) is 8.20. The number of alkyl halides is 12. The highest BCUT2D eigenvalue weighted by atomic mass is 32.2. The molecule has 0 aliphatic heterocycles. The van der Waals surface area contributed by atoms with E-state index >= 15 is 0 Å². The molecule has 6 heterocycles. The van der Waals surface area contributed by atoms with E-state index in [9.17, 15) is 61.1 Å². The summed E-state index contributed by atoms with van der Waals surface area (Å²) in [6.45, 7) is 3.25. The van der Waals surface area contributed by atoms with E-state index in [1.165, 1.54) is 43.4 Å². The molecular formula is C38H30F12N10O2S2. The van der Waals surface area contributed by atoms with Crippen LogP contribution in [-0.4, -0.2) is 68.1 Å². The van der Waals surface area contributed by atoms with Crippen molar-refractivity contribution in [3.8, 4) is 22.8 Å². The van der Waals surface area contributed by atoms with Gasteiger partial charge in [0.25, 0.3) is 0 Å². The fourth-order valence-corrected chi connectivity index (χ4v) is 8.85. The van der Waals surface area contributed by atoms with Crippen molar-refractivity contribution in [2.45, 2.75) is 48.3 Å². The van der Waals surface area contributed by atoms with Gasteiger partial charge in [-0.25, -0.2) is 38.3 Å². The first-order valence-corrected chi connectivity index (χ1v) is 21.0. The highest BCUT2D eigenvalue weighted by molar-refractivity contribution is 7.99. The summed E-state index contributed by atoms with van der Waals surface area (Å²) in [6, 6.07) is 6.87. The molecule has 64 heavy (non-hydrogen) atoms. The lowest BCUT2D eigenvalue weighted by molar-refractivity contribution is -0.147. The van der Waals surface area contributed by atoms with Gasteiger partial charge in [-0.3, -0.25) is 0 Å². The SMILES string of the molecule is CCS(=O)(=O)c1cc2c(cc1-c1nc3cc(C(F)(F)F)ncc3n1C)nc(C(F)(F)F)n2C.CCSc1cc2c(cc1-c1nc3cc(C(F)(F)F)ncc3n1C)nc(C(F)(F)F)n2C. The maximum absolute atomic E-state index is 13.3. The zero-order chi connectivity index (χ0) is 47.2. The average Bonchev–Trinajstić information content (AvgIpc) is 3.93. The molecule has 2 aromatic carbocycles. The highest BCUT2D eigenvalue weighted by Crippen LogP contribution is 2.40. The molecule has 12 nitrogen and oxygen atoms in total. The molecule has 340 valence electrons. The molecule has 6 aromatic heterocycles. The van der Waals surface area contributed by atoms with Crippen LogP contribution < -0.4 is 0 Å². The van der Waals surface area contributed by atoms with E-state index in [-0.39, 0.29) is 55.1 Å². The van der Waals surface area contributed by atoms with Crippen LogP contribution in [0.2, 0.25) is 0 Å². The maximum Gasteiger partial charge on any atom is 0.449 e. The first-order valence-electron chi connectivity index (χ1n) is 18.4. The minimum Gasteiger partial charge on any atom is -0.326 e. The van der Waals surface area contributed by atoms with Crippen molar-refractivity contribution < 1.29 is 61.1 Å². The standard InChI is InChI=1S/C19H15F6N5O2S.C19H15F6N5S/c1-4-33(31,32)14-7-12-10(28-17(30(12)3)19(23,24)25)5-9(14)16-27-11-6-15(18(20,21)22)26-8-13(11)29(16)2;1-4-31-14-7-12-10(28-17(30(12)3)19(23,24)25)5-9(14)16-27-11-6-15(18(20,21)22)26-8-13(11)29(16)2/h5-8H,4H2,1-3H3;5-8H,4H2,1-3H3. The van der Waals surface area contributed by atoms with Crippen molar-refractivity contribution in [2.75, 3.05) is 11.5 Å². The van der Waals surface area contributed by atoms with E-state index in [1.54, 1.807) is 17.7 Å². The number of hydrogen-bond donors (Lipinski definition) is 0. The van der Waals surface area contributed by atoms with E-state index in [0.717, 1.165) is 46.8 Å². The molecule has 26 heteroatoms. The zero-order valence-corrected chi connectivity index (χ0v) is 35.3. The fourth-order valence-electron chi connectivity index (χ4n) is 6.95. The number of halogens is 12. The summed E-state index contributed by atoms with van der Waals surface area (Å²) in [5.74, 6) is -1.73. The van der Waals surface area contributed by atoms with Gasteiger partial charge in [-0.2, -0.15) is 52.7 Å². The Labute approximate surface area is 356 Å². The number of hydrogen-bond acceptors (Lipinski definition) is 9. The number of fused-ring (bicyclic) bond motifs is 4. The molecule has 0 atom stereocenters. The van der Waals surface area contributed by atoms with E-state index in [0.29, 0.717) is 39.1 Å². The maximum atomic E-state index is 13.3. The summed E-state index contributed by atoms with van der Waals surface area (Å²) >= 11 is 1.39. The molecule has 0 aliphatic carbocycles. The monoisotopic (exact) mass is 950 g/mol. The van der Waals surface area contributed by atoms with Gasteiger partial charge < -0.3 is 18.3 Å². The Bertz CT molecular complexity index is 3250. The van der Waals surface area contributed by atoms with Gasteiger partial charge in [0, 0.05) is 44.2 Å². The normalized spacial score (nSPS) is 13.2. The van der Waals surface area contributed by atoms with Crippen LogP contribution in [0.5, 0.6) is 0 Å². The average molecular weight is 951 g/mol. The first-order chi connectivity index (χ1) is 29.6. The third-order valence-electron chi connectivity index (χ3n) is 10.1. The van der Waals surface area contributed by atoms with Crippen molar-refractivity contribution in [1.82, 2.24) is 48.2 Å². The van der Waals surface area contributed by atoms with Gasteiger partial charge in [-0.15, -0.1) is 11.8 Å². The Hall–Kier alpha value is -5.92. The number of nitrogens with zero attached hydrogens (tertiary/aromatic N) is 10. The number of aromatic nitrogens is 10. The molecule has 0 bridgehead atoms. The molecule has 8 rings (SSSR count). The van der Waals surface area contributed by atoms with Crippen molar-refractivity contribution in [3.63, 3.8) is 0 Å². The van der Waals surface area contributed by atoms with Crippen LogP contribution in [0.4, 0.5) is 52.7 Å². The molecule has 0 aliphatic rings. The first kappa shape index (κ1) is 46.1. The number of aryl methyl sites for hydroxylation is 4. The highest BCUT2D eigenvalue weighted by Gasteiger charge is 2.39. The van der Waals surface area contributed by atoms with Crippen LogP contribution in [-0.2, 0) is 62.7 Å². The summed E-state index contributed by atoms with van der Waals surface area (Å²) in [5, 5.41) is 0. The zero-order valence-electron chi connectivity index (χ0n) is 33.7. The lowest BCUT2D eigenvalue weighted by Crippen LogP contribution is -2.12. The predicted molar refractivity (Wildman–Crippen MR) is 211 cm³/mol. The fraction of sp³-hybridized carbons (Fsp3) is 0.316. The molecule has 0 unspecified atom stereocenters. The van der Waals surface area contributed by atoms with E-state index in [1.807, 2.05) is 6.92 Å². The Balaban J connectivity index is 0.000000192. The number of sulfone groups is 1. The van der Waals surface area contributed by atoms with Crippen LogP contribution in [0.1, 0.15) is 36.9 Å². The van der Waals surface area contributed by atoms with Crippen molar-refractivity contribution >= 4 is 65.7 Å². The van der Waals surface area contributed by atoms with Crippen LogP contribution in [0, 0.1) is 0 Å². The Morgan fingerprint density at radius 3 is 1.33 bits per heavy atom. The topological polar surface area (TPSA) is 131 Å². The Morgan fingerprint density at radius 1 is 0.516 bits per heavy atom.